The SMILES string of the molecule is CC1CCC(C)N(C(=O)c2cc([N+](=O)[O-])ccc2N)C1. The molecular weight excluding hydrogens is 258 g/mol. The minimum Gasteiger partial charge on any atom is -0.398 e. The monoisotopic (exact) mass is 277 g/mol. The van der Waals surface area contributed by atoms with E-state index in [1.807, 2.05) is 6.92 Å². The lowest BCUT2D eigenvalue weighted by Crippen LogP contribution is -2.45. The average Bonchev–Trinajstić information content (AvgIpc) is 2.41. The largest absolute Gasteiger partial charge is 0.398 e. The van der Waals surface area contributed by atoms with Crippen molar-refractivity contribution in [3.05, 3.63) is 33.9 Å². The molecule has 2 atom stereocenters. The zero-order valence-corrected chi connectivity index (χ0v) is 11.7. The van der Waals surface area contributed by atoms with Gasteiger partial charge in [-0.1, -0.05) is 6.92 Å². The number of anilines is 1. The van der Waals surface area contributed by atoms with Crippen LogP contribution in [-0.4, -0.2) is 28.3 Å². The minimum atomic E-state index is -0.515. The fourth-order valence-electron chi connectivity index (χ4n) is 2.57. The molecule has 1 amide bonds. The molecule has 0 saturated carbocycles. The highest BCUT2D eigenvalue weighted by molar-refractivity contribution is 6.00. The summed E-state index contributed by atoms with van der Waals surface area (Å²) in [6.45, 7) is 4.77. The van der Waals surface area contributed by atoms with Gasteiger partial charge in [-0.05, 0) is 31.7 Å². The smallest absolute Gasteiger partial charge is 0.270 e. The highest BCUT2D eigenvalue weighted by Crippen LogP contribution is 2.26. The molecule has 0 spiro atoms. The van der Waals surface area contributed by atoms with Gasteiger partial charge in [0.2, 0.25) is 0 Å². The topological polar surface area (TPSA) is 89.5 Å². The molecule has 1 fully saturated rings. The maximum absolute atomic E-state index is 12.6. The quantitative estimate of drug-likeness (QED) is 0.510. The van der Waals surface area contributed by atoms with E-state index in [0.717, 1.165) is 12.8 Å². The van der Waals surface area contributed by atoms with Crippen LogP contribution >= 0.6 is 0 Å². The first-order valence-electron chi connectivity index (χ1n) is 6.75. The van der Waals surface area contributed by atoms with Gasteiger partial charge >= 0.3 is 0 Å². The summed E-state index contributed by atoms with van der Waals surface area (Å²) in [7, 11) is 0. The number of likely N-dealkylation sites (tertiary alicyclic amines) is 1. The fraction of sp³-hybridized carbons (Fsp3) is 0.500. The van der Waals surface area contributed by atoms with Crippen LogP contribution in [0.1, 0.15) is 37.0 Å². The van der Waals surface area contributed by atoms with Crippen LogP contribution in [0.4, 0.5) is 11.4 Å². The standard InChI is InChI=1S/C14H19N3O3/c1-9-3-4-10(2)16(8-9)14(18)12-7-11(17(19)20)5-6-13(12)15/h5-7,9-10H,3-4,8,15H2,1-2H3. The Morgan fingerprint density at radius 1 is 1.40 bits per heavy atom. The molecule has 1 aliphatic heterocycles. The van der Waals surface area contributed by atoms with Crippen molar-refractivity contribution in [1.29, 1.82) is 0 Å². The van der Waals surface area contributed by atoms with Crippen molar-refractivity contribution in [3.63, 3.8) is 0 Å². The van der Waals surface area contributed by atoms with E-state index >= 15 is 0 Å². The number of non-ortho nitro benzene ring substituents is 1. The van der Waals surface area contributed by atoms with E-state index in [9.17, 15) is 14.9 Å². The number of nitrogens with two attached hydrogens (primary N) is 1. The van der Waals surface area contributed by atoms with E-state index in [0.29, 0.717) is 12.5 Å². The van der Waals surface area contributed by atoms with Crippen LogP contribution in [0.5, 0.6) is 0 Å². The normalized spacial score (nSPS) is 22.6. The van der Waals surface area contributed by atoms with E-state index in [4.69, 9.17) is 5.73 Å². The van der Waals surface area contributed by atoms with Gasteiger partial charge in [0.05, 0.1) is 10.5 Å². The van der Waals surface area contributed by atoms with Crippen molar-refractivity contribution in [3.8, 4) is 0 Å². The number of hydrogen-bond donors (Lipinski definition) is 1. The predicted molar refractivity (Wildman–Crippen MR) is 76.4 cm³/mol. The lowest BCUT2D eigenvalue weighted by atomic mass is 9.94. The van der Waals surface area contributed by atoms with Gasteiger partial charge in [-0.15, -0.1) is 0 Å². The Hall–Kier alpha value is -2.11. The Balaban J connectivity index is 2.32. The van der Waals surface area contributed by atoms with Gasteiger partial charge in [-0.25, -0.2) is 0 Å². The average molecular weight is 277 g/mol. The molecule has 1 aromatic rings. The van der Waals surface area contributed by atoms with Crippen LogP contribution in [0.15, 0.2) is 18.2 Å². The first-order valence-corrected chi connectivity index (χ1v) is 6.75. The van der Waals surface area contributed by atoms with Crippen LogP contribution < -0.4 is 5.73 Å². The molecule has 0 aliphatic carbocycles. The Morgan fingerprint density at radius 2 is 2.10 bits per heavy atom. The van der Waals surface area contributed by atoms with E-state index < -0.39 is 4.92 Å². The number of benzene rings is 1. The second-order valence-electron chi connectivity index (χ2n) is 5.52. The first-order chi connectivity index (χ1) is 9.40. The maximum atomic E-state index is 12.6. The number of nitro benzene ring substituents is 1. The molecule has 20 heavy (non-hydrogen) atoms. The Kier molecular flexibility index (Phi) is 3.92. The summed E-state index contributed by atoms with van der Waals surface area (Å²) in [5.41, 5.74) is 6.20. The molecule has 1 saturated heterocycles. The minimum absolute atomic E-state index is 0.111. The van der Waals surface area contributed by atoms with Crippen molar-refractivity contribution in [2.45, 2.75) is 32.7 Å². The molecule has 1 heterocycles. The number of amides is 1. The number of nitrogens with zero attached hydrogens (tertiary/aromatic N) is 2. The molecular formula is C14H19N3O3. The highest BCUT2D eigenvalue weighted by Gasteiger charge is 2.29. The third-order valence-corrected chi connectivity index (χ3v) is 3.86. The summed E-state index contributed by atoms with van der Waals surface area (Å²) in [5.74, 6) is 0.223. The number of hydrogen-bond acceptors (Lipinski definition) is 4. The van der Waals surface area contributed by atoms with E-state index in [1.54, 1.807) is 4.90 Å². The molecule has 2 N–H and O–H groups in total. The van der Waals surface area contributed by atoms with Gasteiger partial charge in [0.25, 0.3) is 11.6 Å². The maximum Gasteiger partial charge on any atom is 0.270 e. The molecule has 1 aromatic carbocycles. The molecule has 0 bridgehead atoms. The van der Waals surface area contributed by atoms with Crippen LogP contribution in [0.2, 0.25) is 0 Å². The summed E-state index contributed by atoms with van der Waals surface area (Å²) in [6.07, 6.45) is 2.04. The van der Waals surface area contributed by atoms with Gasteiger partial charge in [0, 0.05) is 30.4 Å². The van der Waals surface area contributed by atoms with Crippen LogP contribution in [-0.2, 0) is 0 Å². The lowest BCUT2D eigenvalue weighted by molar-refractivity contribution is -0.384. The zero-order chi connectivity index (χ0) is 14.9. The third kappa shape index (κ3) is 2.74. The summed E-state index contributed by atoms with van der Waals surface area (Å²) >= 11 is 0. The lowest BCUT2D eigenvalue weighted by Gasteiger charge is -2.37. The van der Waals surface area contributed by atoms with Crippen LogP contribution in [0.3, 0.4) is 0 Å². The predicted octanol–water partition coefficient (Wildman–Crippen LogP) is 2.44. The van der Waals surface area contributed by atoms with Crippen molar-refractivity contribution in [2.24, 2.45) is 5.92 Å². The molecule has 2 rings (SSSR count). The van der Waals surface area contributed by atoms with Crippen molar-refractivity contribution >= 4 is 17.3 Å². The number of piperidine rings is 1. The molecule has 1 aliphatic rings. The second-order valence-corrected chi connectivity index (χ2v) is 5.52. The Bertz CT molecular complexity index is 544. The van der Waals surface area contributed by atoms with Crippen LogP contribution in [0, 0.1) is 16.0 Å². The summed E-state index contributed by atoms with van der Waals surface area (Å²) in [6, 6.07) is 4.14. The number of nitrogen functional groups attached to an aromatic ring is 1. The number of nitro groups is 1. The zero-order valence-electron chi connectivity index (χ0n) is 11.7. The Morgan fingerprint density at radius 3 is 2.75 bits per heavy atom. The Labute approximate surface area is 117 Å². The molecule has 6 nitrogen and oxygen atoms in total. The van der Waals surface area contributed by atoms with E-state index in [-0.39, 0.29) is 28.9 Å². The fourth-order valence-corrected chi connectivity index (χ4v) is 2.57. The molecule has 0 aromatic heterocycles. The van der Waals surface area contributed by atoms with Gasteiger partial charge in [-0.2, -0.15) is 0 Å². The van der Waals surface area contributed by atoms with Crippen molar-refractivity contribution in [2.75, 3.05) is 12.3 Å². The van der Waals surface area contributed by atoms with Crippen molar-refractivity contribution < 1.29 is 9.72 Å². The number of carbonyl (C=O) groups excluding carboxylic acids is 1. The van der Waals surface area contributed by atoms with Gasteiger partial charge < -0.3 is 10.6 Å². The number of rotatable bonds is 2. The first kappa shape index (κ1) is 14.3. The van der Waals surface area contributed by atoms with Gasteiger partial charge in [-0.3, -0.25) is 14.9 Å². The van der Waals surface area contributed by atoms with Gasteiger partial charge in [0.15, 0.2) is 0 Å². The molecule has 108 valence electrons. The third-order valence-electron chi connectivity index (χ3n) is 3.86. The second kappa shape index (κ2) is 5.48. The highest BCUT2D eigenvalue weighted by atomic mass is 16.6. The molecule has 6 heteroatoms. The summed E-state index contributed by atoms with van der Waals surface area (Å²) < 4.78 is 0. The number of carbonyl (C=O) groups is 1. The van der Waals surface area contributed by atoms with Crippen molar-refractivity contribution in [1.82, 2.24) is 4.90 Å². The summed E-state index contributed by atoms with van der Waals surface area (Å²) in [4.78, 5) is 24.6. The van der Waals surface area contributed by atoms with E-state index in [1.165, 1.54) is 18.2 Å². The molecule has 0 radical (unpaired) electrons. The van der Waals surface area contributed by atoms with Gasteiger partial charge in [0.1, 0.15) is 0 Å². The summed E-state index contributed by atoms with van der Waals surface area (Å²) in [5, 5.41) is 10.8. The van der Waals surface area contributed by atoms with E-state index in [2.05, 4.69) is 6.92 Å². The van der Waals surface area contributed by atoms with Crippen LogP contribution in [0.25, 0.3) is 0 Å². The molecule has 2 unspecified atom stereocenters.